The number of hydrogen-bond acceptors (Lipinski definition) is 4. The first-order valence-electron chi connectivity index (χ1n) is 9.43. The average molecular weight is 567 g/mol. The van der Waals surface area contributed by atoms with Crippen LogP contribution in [0, 0.1) is 11.3 Å². The molecule has 0 saturated heterocycles. The standard InChI is InChI=1S/C24H16BrCl3N2O3/c1-32-22-11-15(8-16(12-29)24(31)30-18-5-3-17(25)4-6-18)10-21(28)23(22)33-13-14-2-7-19(26)20(27)9-14/h2-11H,13H2,1H3,(H,30,31)/b16-8-. The number of rotatable bonds is 7. The van der Waals surface area contributed by atoms with E-state index in [2.05, 4.69) is 21.2 Å². The second-order valence-electron chi connectivity index (χ2n) is 6.70. The van der Waals surface area contributed by atoms with Crippen LogP contribution in [-0.2, 0) is 11.4 Å². The number of carbonyl (C=O) groups is 1. The number of nitrogens with zero attached hydrogens (tertiary/aromatic N) is 1. The van der Waals surface area contributed by atoms with E-state index < -0.39 is 5.91 Å². The summed E-state index contributed by atoms with van der Waals surface area (Å²) in [6, 6.07) is 17.3. The average Bonchev–Trinajstić information content (AvgIpc) is 2.80. The predicted octanol–water partition coefficient (Wildman–Crippen LogP) is 7.54. The van der Waals surface area contributed by atoms with Crippen molar-refractivity contribution in [1.82, 2.24) is 0 Å². The van der Waals surface area contributed by atoms with Crippen molar-refractivity contribution < 1.29 is 14.3 Å². The molecule has 0 fully saturated rings. The van der Waals surface area contributed by atoms with Crippen LogP contribution in [0.2, 0.25) is 15.1 Å². The molecule has 3 aromatic rings. The van der Waals surface area contributed by atoms with Crippen molar-refractivity contribution in [2.24, 2.45) is 0 Å². The molecular formula is C24H16BrCl3N2O3. The fourth-order valence-electron chi connectivity index (χ4n) is 2.80. The van der Waals surface area contributed by atoms with Crippen molar-refractivity contribution in [2.75, 3.05) is 12.4 Å². The maximum Gasteiger partial charge on any atom is 0.266 e. The minimum atomic E-state index is -0.546. The Labute approximate surface area is 214 Å². The molecule has 0 aliphatic heterocycles. The maximum absolute atomic E-state index is 12.5. The SMILES string of the molecule is COc1cc(/C=C(/C#N)C(=O)Nc2ccc(Br)cc2)cc(Cl)c1OCc1ccc(Cl)c(Cl)c1. The second-order valence-corrected chi connectivity index (χ2v) is 8.84. The Hall–Kier alpha value is -2.69. The molecule has 0 spiro atoms. The number of hydrogen-bond donors (Lipinski definition) is 1. The second kappa shape index (κ2) is 11.4. The summed E-state index contributed by atoms with van der Waals surface area (Å²) in [5.74, 6) is 0.120. The molecule has 0 bridgehead atoms. The van der Waals surface area contributed by atoms with Crippen molar-refractivity contribution in [3.05, 3.63) is 90.8 Å². The Morgan fingerprint density at radius 3 is 2.42 bits per heavy atom. The van der Waals surface area contributed by atoms with Gasteiger partial charge in [-0.2, -0.15) is 5.26 Å². The van der Waals surface area contributed by atoms with Gasteiger partial charge in [0.15, 0.2) is 11.5 Å². The van der Waals surface area contributed by atoms with E-state index in [9.17, 15) is 10.1 Å². The van der Waals surface area contributed by atoms with E-state index in [0.29, 0.717) is 32.8 Å². The summed E-state index contributed by atoms with van der Waals surface area (Å²) < 4.78 is 12.1. The van der Waals surface area contributed by atoms with Gasteiger partial charge in [-0.05, 0) is 65.7 Å². The first kappa shape index (κ1) is 24.9. The highest BCUT2D eigenvalue weighted by Gasteiger charge is 2.15. The van der Waals surface area contributed by atoms with Gasteiger partial charge in [-0.1, -0.05) is 56.8 Å². The fraction of sp³-hybridized carbons (Fsp3) is 0.0833. The van der Waals surface area contributed by atoms with Crippen molar-refractivity contribution >= 4 is 68.4 Å². The summed E-state index contributed by atoms with van der Waals surface area (Å²) in [7, 11) is 1.47. The summed E-state index contributed by atoms with van der Waals surface area (Å²) in [6.07, 6.45) is 1.42. The minimum Gasteiger partial charge on any atom is -0.493 e. The zero-order valence-electron chi connectivity index (χ0n) is 17.2. The van der Waals surface area contributed by atoms with Crippen molar-refractivity contribution in [2.45, 2.75) is 6.61 Å². The molecule has 0 radical (unpaired) electrons. The molecule has 168 valence electrons. The van der Waals surface area contributed by atoms with Gasteiger partial charge in [0.2, 0.25) is 0 Å². The lowest BCUT2D eigenvalue weighted by atomic mass is 10.1. The normalized spacial score (nSPS) is 11.0. The molecule has 0 unspecified atom stereocenters. The van der Waals surface area contributed by atoms with Gasteiger partial charge in [-0.25, -0.2) is 0 Å². The summed E-state index contributed by atoms with van der Waals surface area (Å²) in [5.41, 5.74) is 1.76. The lowest BCUT2D eigenvalue weighted by Crippen LogP contribution is -2.13. The largest absolute Gasteiger partial charge is 0.493 e. The minimum absolute atomic E-state index is 0.0967. The maximum atomic E-state index is 12.5. The fourth-order valence-corrected chi connectivity index (χ4v) is 3.65. The molecule has 5 nitrogen and oxygen atoms in total. The molecule has 9 heteroatoms. The summed E-state index contributed by atoms with van der Waals surface area (Å²) in [4.78, 5) is 12.5. The molecule has 0 aromatic heterocycles. The van der Waals surface area contributed by atoms with E-state index >= 15 is 0 Å². The molecule has 1 amide bonds. The number of nitriles is 1. The zero-order valence-corrected chi connectivity index (χ0v) is 21.0. The molecule has 0 aliphatic rings. The van der Waals surface area contributed by atoms with Gasteiger partial charge >= 0.3 is 0 Å². The van der Waals surface area contributed by atoms with Gasteiger partial charge in [-0.3, -0.25) is 4.79 Å². The molecule has 0 saturated carbocycles. The van der Waals surface area contributed by atoms with Crippen LogP contribution < -0.4 is 14.8 Å². The predicted molar refractivity (Wildman–Crippen MR) is 135 cm³/mol. The van der Waals surface area contributed by atoms with Gasteiger partial charge in [0.1, 0.15) is 18.2 Å². The number of methoxy groups -OCH3 is 1. The van der Waals surface area contributed by atoms with Crippen LogP contribution in [0.1, 0.15) is 11.1 Å². The molecule has 3 rings (SSSR count). The number of ether oxygens (including phenoxy) is 2. The van der Waals surface area contributed by atoms with Crippen LogP contribution in [0.4, 0.5) is 5.69 Å². The lowest BCUT2D eigenvalue weighted by Gasteiger charge is -2.14. The van der Waals surface area contributed by atoms with Crippen LogP contribution in [-0.4, -0.2) is 13.0 Å². The molecule has 1 N–H and O–H groups in total. The van der Waals surface area contributed by atoms with Crippen LogP contribution in [0.15, 0.2) is 64.6 Å². The zero-order chi connectivity index (χ0) is 24.0. The summed E-state index contributed by atoms with van der Waals surface area (Å²) in [5, 5.41) is 13.3. The third kappa shape index (κ3) is 6.66. The van der Waals surface area contributed by atoms with E-state index in [0.717, 1.165) is 10.0 Å². The Morgan fingerprint density at radius 2 is 1.79 bits per heavy atom. The smallest absolute Gasteiger partial charge is 0.266 e. The highest BCUT2D eigenvalue weighted by Crippen LogP contribution is 2.38. The van der Waals surface area contributed by atoms with E-state index in [4.69, 9.17) is 44.3 Å². The molecule has 3 aromatic carbocycles. The van der Waals surface area contributed by atoms with Gasteiger partial charge in [0, 0.05) is 10.2 Å². The Kier molecular flexibility index (Phi) is 8.65. The number of carbonyl (C=O) groups excluding carboxylic acids is 1. The Bertz CT molecular complexity index is 1260. The Morgan fingerprint density at radius 1 is 1.06 bits per heavy atom. The summed E-state index contributed by atoms with van der Waals surface area (Å²) in [6.45, 7) is 0.182. The van der Waals surface area contributed by atoms with Crippen molar-refractivity contribution in [1.29, 1.82) is 5.26 Å². The number of halogens is 4. The number of amides is 1. The van der Waals surface area contributed by atoms with E-state index in [1.165, 1.54) is 13.2 Å². The number of benzene rings is 3. The number of anilines is 1. The third-order valence-electron chi connectivity index (χ3n) is 4.40. The van der Waals surface area contributed by atoms with Gasteiger partial charge in [-0.15, -0.1) is 0 Å². The van der Waals surface area contributed by atoms with Crippen LogP contribution in [0.5, 0.6) is 11.5 Å². The molecule has 0 heterocycles. The van der Waals surface area contributed by atoms with Crippen LogP contribution >= 0.6 is 50.7 Å². The lowest BCUT2D eigenvalue weighted by molar-refractivity contribution is -0.112. The molecule has 0 aliphatic carbocycles. The molecule has 33 heavy (non-hydrogen) atoms. The molecule has 0 atom stereocenters. The van der Waals surface area contributed by atoms with E-state index in [-0.39, 0.29) is 17.2 Å². The van der Waals surface area contributed by atoms with Crippen molar-refractivity contribution in [3.8, 4) is 17.6 Å². The first-order valence-corrected chi connectivity index (χ1v) is 11.4. The summed E-state index contributed by atoms with van der Waals surface area (Å²) >= 11 is 21.7. The van der Waals surface area contributed by atoms with Gasteiger partial charge in [0.05, 0.1) is 22.2 Å². The quantitative estimate of drug-likeness (QED) is 0.237. The van der Waals surface area contributed by atoms with Crippen LogP contribution in [0.25, 0.3) is 6.08 Å². The number of nitrogens with one attached hydrogen (secondary N) is 1. The Balaban J connectivity index is 1.81. The monoisotopic (exact) mass is 564 g/mol. The highest BCUT2D eigenvalue weighted by atomic mass is 79.9. The van der Waals surface area contributed by atoms with E-state index in [1.807, 2.05) is 6.07 Å². The van der Waals surface area contributed by atoms with Crippen molar-refractivity contribution in [3.63, 3.8) is 0 Å². The van der Waals surface area contributed by atoms with Crippen LogP contribution in [0.3, 0.4) is 0 Å². The van der Waals surface area contributed by atoms with E-state index in [1.54, 1.807) is 54.6 Å². The van der Waals surface area contributed by atoms with Gasteiger partial charge < -0.3 is 14.8 Å². The molecular weight excluding hydrogens is 551 g/mol. The highest BCUT2D eigenvalue weighted by molar-refractivity contribution is 9.10. The first-order chi connectivity index (χ1) is 15.8. The topological polar surface area (TPSA) is 71.3 Å². The van der Waals surface area contributed by atoms with Gasteiger partial charge in [0.25, 0.3) is 5.91 Å². The third-order valence-corrected chi connectivity index (χ3v) is 5.95.